The van der Waals surface area contributed by atoms with E-state index in [1.54, 1.807) is 11.3 Å². The molecule has 1 heterocycles. The Morgan fingerprint density at radius 1 is 1.05 bits per heavy atom. The molecule has 21 heavy (non-hydrogen) atoms. The molecule has 0 fully saturated rings. The Kier molecular flexibility index (Phi) is 6.11. The molecule has 5 heteroatoms. The van der Waals surface area contributed by atoms with Gasteiger partial charge in [-0.2, -0.15) is 0 Å². The van der Waals surface area contributed by atoms with Crippen molar-refractivity contribution in [3.8, 4) is 11.5 Å². The Morgan fingerprint density at radius 2 is 1.81 bits per heavy atom. The van der Waals surface area contributed by atoms with E-state index in [9.17, 15) is 0 Å². The van der Waals surface area contributed by atoms with Gasteiger partial charge in [0.15, 0.2) is 5.13 Å². The molecule has 0 saturated carbocycles. The lowest BCUT2D eigenvalue weighted by atomic mass is 10.3. The molecule has 1 N–H and O–H groups in total. The van der Waals surface area contributed by atoms with Crippen molar-refractivity contribution in [2.24, 2.45) is 0 Å². The maximum absolute atomic E-state index is 5.84. The first-order valence-electron chi connectivity index (χ1n) is 7.72. The topological polar surface area (TPSA) is 43.4 Å². The average Bonchev–Trinajstić information content (AvgIpc) is 2.91. The molecule has 0 amide bonds. The normalized spacial score (nSPS) is 10.8. The van der Waals surface area contributed by atoms with Crippen molar-refractivity contribution in [3.05, 3.63) is 12.1 Å². The molecular weight excluding hydrogens is 284 g/mol. The third kappa shape index (κ3) is 4.24. The number of aromatic nitrogens is 1. The molecule has 0 unspecified atom stereocenters. The summed E-state index contributed by atoms with van der Waals surface area (Å²) in [5.41, 5.74) is 0.927. The maximum atomic E-state index is 5.84. The van der Waals surface area contributed by atoms with Crippen molar-refractivity contribution in [2.75, 3.05) is 25.1 Å². The van der Waals surface area contributed by atoms with Crippen molar-refractivity contribution in [1.29, 1.82) is 0 Å². The summed E-state index contributed by atoms with van der Waals surface area (Å²) in [6.45, 7) is 8.70. The Balaban J connectivity index is 2.31. The van der Waals surface area contributed by atoms with Gasteiger partial charge in [-0.15, -0.1) is 0 Å². The van der Waals surface area contributed by atoms with Crippen molar-refractivity contribution >= 4 is 26.7 Å². The van der Waals surface area contributed by atoms with Crippen LogP contribution in [0, 0.1) is 0 Å². The first-order chi connectivity index (χ1) is 10.3. The van der Waals surface area contributed by atoms with E-state index in [1.165, 1.54) is 0 Å². The van der Waals surface area contributed by atoms with E-state index < -0.39 is 0 Å². The molecule has 1 aromatic carbocycles. The number of nitrogens with one attached hydrogen (secondary N) is 1. The summed E-state index contributed by atoms with van der Waals surface area (Å²) in [5, 5.41) is 4.29. The summed E-state index contributed by atoms with van der Waals surface area (Å²) in [6, 6.07) is 4.01. The number of benzene rings is 1. The Bertz CT molecular complexity index is 569. The van der Waals surface area contributed by atoms with Crippen LogP contribution in [0.1, 0.15) is 40.0 Å². The minimum absolute atomic E-state index is 0.696. The molecule has 0 saturated heterocycles. The standard InChI is InChI=1S/C16H24N2O2S/c1-4-7-17-16-18-15-13(20-9-6-3)10-12(19-8-5-2)11-14(15)21-16/h10-11H,4-9H2,1-3H3,(H,17,18). The number of anilines is 1. The smallest absolute Gasteiger partial charge is 0.183 e. The van der Waals surface area contributed by atoms with E-state index in [2.05, 4.69) is 37.1 Å². The van der Waals surface area contributed by atoms with Crippen LogP contribution in [0.3, 0.4) is 0 Å². The molecule has 0 spiro atoms. The van der Waals surface area contributed by atoms with Crippen LogP contribution in [-0.2, 0) is 0 Å². The monoisotopic (exact) mass is 308 g/mol. The lowest BCUT2D eigenvalue weighted by Gasteiger charge is -2.09. The predicted molar refractivity (Wildman–Crippen MR) is 90.0 cm³/mol. The molecule has 0 aliphatic rings. The van der Waals surface area contributed by atoms with Gasteiger partial charge in [-0.1, -0.05) is 32.1 Å². The van der Waals surface area contributed by atoms with Gasteiger partial charge in [0, 0.05) is 12.6 Å². The fourth-order valence-electron chi connectivity index (χ4n) is 1.91. The van der Waals surface area contributed by atoms with Gasteiger partial charge in [0.2, 0.25) is 0 Å². The molecule has 0 aliphatic heterocycles. The fraction of sp³-hybridized carbons (Fsp3) is 0.562. The van der Waals surface area contributed by atoms with Crippen LogP contribution >= 0.6 is 11.3 Å². The number of fused-ring (bicyclic) bond motifs is 1. The van der Waals surface area contributed by atoms with Crippen LogP contribution in [0.25, 0.3) is 10.2 Å². The first kappa shape index (κ1) is 15.9. The van der Waals surface area contributed by atoms with E-state index in [-0.39, 0.29) is 0 Å². The molecule has 116 valence electrons. The zero-order valence-electron chi connectivity index (χ0n) is 13.1. The molecule has 1 aromatic heterocycles. The summed E-state index contributed by atoms with van der Waals surface area (Å²) in [7, 11) is 0. The van der Waals surface area contributed by atoms with Crippen molar-refractivity contribution in [2.45, 2.75) is 40.0 Å². The van der Waals surface area contributed by atoms with Gasteiger partial charge >= 0.3 is 0 Å². The summed E-state index contributed by atoms with van der Waals surface area (Å²) in [6.07, 6.45) is 3.06. The van der Waals surface area contributed by atoms with Crippen LogP contribution in [0.2, 0.25) is 0 Å². The van der Waals surface area contributed by atoms with E-state index >= 15 is 0 Å². The first-order valence-corrected chi connectivity index (χ1v) is 8.54. The van der Waals surface area contributed by atoms with Gasteiger partial charge in [0.05, 0.1) is 17.9 Å². The zero-order chi connectivity index (χ0) is 15.1. The summed E-state index contributed by atoms with van der Waals surface area (Å²) in [4.78, 5) is 4.65. The Morgan fingerprint density at radius 3 is 2.52 bits per heavy atom. The van der Waals surface area contributed by atoms with E-state index in [1.807, 2.05) is 6.07 Å². The highest BCUT2D eigenvalue weighted by atomic mass is 32.1. The fourth-order valence-corrected chi connectivity index (χ4v) is 2.85. The Hall–Kier alpha value is -1.49. The van der Waals surface area contributed by atoms with Gasteiger partial charge in [-0.3, -0.25) is 0 Å². The van der Waals surface area contributed by atoms with Crippen LogP contribution in [0.15, 0.2) is 12.1 Å². The minimum Gasteiger partial charge on any atom is -0.493 e. The number of rotatable bonds is 9. The van der Waals surface area contributed by atoms with Crippen LogP contribution in [0.5, 0.6) is 11.5 Å². The lowest BCUT2D eigenvalue weighted by molar-refractivity contribution is 0.304. The number of hydrogen-bond donors (Lipinski definition) is 1. The number of ether oxygens (including phenoxy) is 2. The molecule has 2 aromatic rings. The minimum atomic E-state index is 0.696. The molecule has 0 bridgehead atoms. The summed E-state index contributed by atoms with van der Waals surface area (Å²) >= 11 is 1.65. The quantitative estimate of drug-likeness (QED) is 0.729. The second-order valence-electron chi connectivity index (χ2n) is 4.91. The van der Waals surface area contributed by atoms with Gasteiger partial charge in [-0.25, -0.2) is 4.98 Å². The van der Waals surface area contributed by atoms with E-state index in [4.69, 9.17) is 9.47 Å². The van der Waals surface area contributed by atoms with Crippen LogP contribution in [0.4, 0.5) is 5.13 Å². The number of nitrogens with zero attached hydrogens (tertiary/aromatic N) is 1. The summed E-state index contributed by atoms with van der Waals surface area (Å²) in [5.74, 6) is 1.68. The molecule has 2 rings (SSSR count). The lowest BCUT2D eigenvalue weighted by Crippen LogP contribution is -1.99. The van der Waals surface area contributed by atoms with E-state index in [0.29, 0.717) is 6.61 Å². The molecule has 0 aliphatic carbocycles. The molecule has 0 radical (unpaired) electrons. The highest BCUT2D eigenvalue weighted by molar-refractivity contribution is 7.22. The molecular formula is C16H24N2O2S. The van der Waals surface area contributed by atoms with Crippen LogP contribution < -0.4 is 14.8 Å². The largest absolute Gasteiger partial charge is 0.493 e. The van der Waals surface area contributed by atoms with Crippen molar-refractivity contribution in [3.63, 3.8) is 0 Å². The van der Waals surface area contributed by atoms with Crippen LogP contribution in [-0.4, -0.2) is 24.7 Å². The molecule has 4 nitrogen and oxygen atoms in total. The number of hydrogen-bond acceptors (Lipinski definition) is 5. The van der Waals surface area contributed by atoms with Crippen molar-refractivity contribution in [1.82, 2.24) is 4.98 Å². The van der Waals surface area contributed by atoms with E-state index in [0.717, 1.165) is 59.3 Å². The molecule has 0 atom stereocenters. The zero-order valence-corrected chi connectivity index (χ0v) is 13.9. The second kappa shape index (κ2) is 8.08. The highest BCUT2D eigenvalue weighted by Crippen LogP contribution is 2.36. The third-order valence-electron chi connectivity index (χ3n) is 2.89. The summed E-state index contributed by atoms with van der Waals surface area (Å²) < 4.78 is 12.7. The van der Waals surface area contributed by atoms with Gasteiger partial charge in [0.1, 0.15) is 17.0 Å². The maximum Gasteiger partial charge on any atom is 0.183 e. The highest BCUT2D eigenvalue weighted by Gasteiger charge is 2.12. The third-order valence-corrected chi connectivity index (χ3v) is 3.85. The Labute approximate surface area is 130 Å². The second-order valence-corrected chi connectivity index (χ2v) is 5.94. The average molecular weight is 308 g/mol. The van der Waals surface area contributed by atoms with Crippen molar-refractivity contribution < 1.29 is 9.47 Å². The SMILES string of the molecule is CCCNc1nc2c(OCCC)cc(OCCC)cc2s1. The predicted octanol–water partition coefficient (Wildman–Crippen LogP) is 4.70. The number of thiazole rings is 1. The van der Waals surface area contributed by atoms with Gasteiger partial charge in [-0.05, 0) is 25.3 Å². The van der Waals surface area contributed by atoms with Gasteiger partial charge in [0.25, 0.3) is 0 Å². The van der Waals surface area contributed by atoms with Gasteiger partial charge < -0.3 is 14.8 Å².